The number of aromatic nitrogens is 2. The van der Waals surface area contributed by atoms with Crippen LogP contribution in [0.5, 0.6) is 0 Å². The topological polar surface area (TPSA) is 61.4 Å². The van der Waals surface area contributed by atoms with Crippen molar-refractivity contribution in [2.45, 2.75) is 6.92 Å². The molecule has 0 bridgehead atoms. The standard InChI is InChI=1S/C22H23N5O/c1-17-5-4-6-18(15-17)25-22(28)20-9-8-19(16-24-20)26-11-13-27(14-12-26)21-7-2-3-10-23-21/h2-10,15-16H,11-14H2,1H3,(H,25,28). The summed E-state index contributed by atoms with van der Waals surface area (Å²) in [5.41, 5.74) is 3.33. The molecular formula is C22H23N5O. The molecule has 4 rings (SSSR count). The fraction of sp³-hybridized carbons (Fsp3) is 0.227. The van der Waals surface area contributed by atoms with Gasteiger partial charge >= 0.3 is 0 Å². The van der Waals surface area contributed by atoms with Gasteiger partial charge in [0.15, 0.2) is 0 Å². The SMILES string of the molecule is Cc1cccc(NC(=O)c2ccc(N3CCN(c4ccccn4)CC3)cn2)c1. The van der Waals surface area contributed by atoms with Crippen molar-refractivity contribution in [3.63, 3.8) is 0 Å². The van der Waals surface area contributed by atoms with Gasteiger partial charge in [-0.3, -0.25) is 4.79 Å². The molecule has 0 aliphatic carbocycles. The van der Waals surface area contributed by atoms with E-state index in [1.807, 2.05) is 61.7 Å². The zero-order valence-corrected chi connectivity index (χ0v) is 15.9. The first-order chi connectivity index (χ1) is 13.7. The Morgan fingerprint density at radius 1 is 0.929 bits per heavy atom. The Balaban J connectivity index is 1.36. The molecular weight excluding hydrogens is 350 g/mol. The van der Waals surface area contributed by atoms with Gasteiger partial charge in [-0.2, -0.15) is 0 Å². The summed E-state index contributed by atoms with van der Waals surface area (Å²) < 4.78 is 0. The number of pyridine rings is 2. The number of aryl methyl sites for hydroxylation is 1. The third kappa shape index (κ3) is 4.11. The molecule has 28 heavy (non-hydrogen) atoms. The van der Waals surface area contributed by atoms with E-state index in [0.29, 0.717) is 5.69 Å². The molecule has 1 amide bonds. The fourth-order valence-corrected chi connectivity index (χ4v) is 3.36. The number of nitrogens with zero attached hydrogens (tertiary/aromatic N) is 4. The van der Waals surface area contributed by atoms with Crippen molar-refractivity contribution in [3.8, 4) is 0 Å². The number of piperazine rings is 1. The average Bonchev–Trinajstić information content (AvgIpc) is 2.75. The maximum Gasteiger partial charge on any atom is 0.274 e. The Labute approximate surface area is 164 Å². The van der Waals surface area contributed by atoms with Crippen LogP contribution < -0.4 is 15.1 Å². The molecule has 0 unspecified atom stereocenters. The Hall–Kier alpha value is -3.41. The van der Waals surface area contributed by atoms with E-state index in [4.69, 9.17) is 0 Å². The van der Waals surface area contributed by atoms with Gasteiger partial charge in [-0.25, -0.2) is 9.97 Å². The van der Waals surface area contributed by atoms with Crippen molar-refractivity contribution in [2.75, 3.05) is 41.3 Å². The highest BCUT2D eigenvalue weighted by Gasteiger charge is 2.18. The van der Waals surface area contributed by atoms with E-state index in [1.54, 1.807) is 12.3 Å². The lowest BCUT2D eigenvalue weighted by molar-refractivity contribution is 0.102. The van der Waals surface area contributed by atoms with E-state index in [-0.39, 0.29) is 5.91 Å². The lowest BCUT2D eigenvalue weighted by Crippen LogP contribution is -2.46. The zero-order chi connectivity index (χ0) is 19.3. The molecule has 1 aromatic carbocycles. The van der Waals surface area contributed by atoms with E-state index in [0.717, 1.165) is 48.9 Å². The van der Waals surface area contributed by atoms with Crippen LogP contribution in [0.1, 0.15) is 16.1 Å². The maximum absolute atomic E-state index is 12.4. The fourth-order valence-electron chi connectivity index (χ4n) is 3.36. The molecule has 0 radical (unpaired) electrons. The molecule has 1 saturated heterocycles. The second-order valence-corrected chi connectivity index (χ2v) is 6.89. The van der Waals surface area contributed by atoms with Crippen molar-refractivity contribution >= 4 is 23.1 Å². The lowest BCUT2D eigenvalue weighted by atomic mass is 10.2. The van der Waals surface area contributed by atoms with Gasteiger partial charge < -0.3 is 15.1 Å². The predicted octanol–water partition coefficient (Wildman–Crippen LogP) is 3.36. The molecule has 3 aromatic rings. The van der Waals surface area contributed by atoms with E-state index in [9.17, 15) is 4.79 Å². The molecule has 6 heteroatoms. The Bertz CT molecular complexity index is 935. The van der Waals surface area contributed by atoms with Crippen LogP contribution in [0.15, 0.2) is 67.0 Å². The number of hydrogen-bond acceptors (Lipinski definition) is 5. The number of carbonyl (C=O) groups excluding carboxylic acids is 1. The Morgan fingerprint density at radius 3 is 2.43 bits per heavy atom. The maximum atomic E-state index is 12.4. The summed E-state index contributed by atoms with van der Waals surface area (Å²) in [7, 11) is 0. The van der Waals surface area contributed by atoms with Gasteiger partial charge in [0.05, 0.1) is 11.9 Å². The van der Waals surface area contributed by atoms with Crippen LogP contribution in [-0.4, -0.2) is 42.1 Å². The highest BCUT2D eigenvalue weighted by molar-refractivity contribution is 6.03. The molecule has 0 spiro atoms. The van der Waals surface area contributed by atoms with Crippen molar-refractivity contribution < 1.29 is 4.79 Å². The molecule has 1 N–H and O–H groups in total. The van der Waals surface area contributed by atoms with Crippen molar-refractivity contribution in [2.24, 2.45) is 0 Å². The number of benzene rings is 1. The van der Waals surface area contributed by atoms with Gasteiger partial charge in [-0.1, -0.05) is 18.2 Å². The molecule has 1 aliphatic heterocycles. The largest absolute Gasteiger partial charge is 0.367 e. The first kappa shape index (κ1) is 18.0. The van der Waals surface area contributed by atoms with Crippen LogP contribution in [0.3, 0.4) is 0 Å². The minimum absolute atomic E-state index is 0.197. The number of hydrogen-bond donors (Lipinski definition) is 1. The van der Waals surface area contributed by atoms with Gasteiger partial charge in [0.25, 0.3) is 5.91 Å². The van der Waals surface area contributed by atoms with Crippen LogP contribution in [0, 0.1) is 6.92 Å². The van der Waals surface area contributed by atoms with Gasteiger partial charge in [0.2, 0.25) is 0 Å². The molecule has 0 atom stereocenters. The van der Waals surface area contributed by atoms with E-state index < -0.39 is 0 Å². The van der Waals surface area contributed by atoms with Crippen LogP contribution in [0.2, 0.25) is 0 Å². The summed E-state index contributed by atoms with van der Waals surface area (Å²) >= 11 is 0. The van der Waals surface area contributed by atoms with Crippen molar-refractivity contribution in [1.29, 1.82) is 0 Å². The van der Waals surface area contributed by atoms with E-state index >= 15 is 0 Å². The van der Waals surface area contributed by atoms with Crippen LogP contribution in [0.25, 0.3) is 0 Å². The smallest absolute Gasteiger partial charge is 0.274 e. The number of rotatable bonds is 4. The third-order valence-corrected chi connectivity index (χ3v) is 4.87. The van der Waals surface area contributed by atoms with Gasteiger partial charge in [0.1, 0.15) is 11.5 Å². The van der Waals surface area contributed by atoms with Crippen LogP contribution >= 0.6 is 0 Å². The minimum atomic E-state index is -0.197. The van der Waals surface area contributed by atoms with Crippen LogP contribution in [-0.2, 0) is 0 Å². The lowest BCUT2D eigenvalue weighted by Gasteiger charge is -2.36. The Morgan fingerprint density at radius 2 is 1.75 bits per heavy atom. The van der Waals surface area contributed by atoms with Crippen LogP contribution in [0.4, 0.5) is 17.2 Å². The van der Waals surface area contributed by atoms with Crippen molar-refractivity contribution in [3.05, 3.63) is 78.2 Å². The normalized spacial score (nSPS) is 14.0. The third-order valence-electron chi connectivity index (χ3n) is 4.87. The first-order valence-electron chi connectivity index (χ1n) is 9.44. The summed E-state index contributed by atoms with van der Waals surface area (Å²) in [6, 6.07) is 17.5. The molecule has 2 aromatic heterocycles. The number of nitrogens with one attached hydrogen (secondary N) is 1. The van der Waals surface area contributed by atoms with Crippen molar-refractivity contribution in [1.82, 2.24) is 9.97 Å². The molecule has 6 nitrogen and oxygen atoms in total. The summed E-state index contributed by atoms with van der Waals surface area (Å²) in [5, 5.41) is 2.89. The van der Waals surface area contributed by atoms with Gasteiger partial charge in [-0.05, 0) is 48.9 Å². The highest BCUT2D eigenvalue weighted by atomic mass is 16.1. The molecule has 3 heterocycles. The van der Waals surface area contributed by atoms with E-state index in [2.05, 4.69) is 25.1 Å². The minimum Gasteiger partial charge on any atom is -0.367 e. The number of carbonyl (C=O) groups is 1. The second kappa shape index (κ2) is 8.08. The molecule has 142 valence electrons. The first-order valence-corrected chi connectivity index (χ1v) is 9.44. The summed E-state index contributed by atoms with van der Waals surface area (Å²) in [6.07, 6.45) is 3.60. The Kier molecular flexibility index (Phi) is 5.19. The highest BCUT2D eigenvalue weighted by Crippen LogP contribution is 2.19. The summed E-state index contributed by atoms with van der Waals surface area (Å²) in [5.74, 6) is 0.820. The van der Waals surface area contributed by atoms with E-state index in [1.165, 1.54) is 0 Å². The second-order valence-electron chi connectivity index (χ2n) is 6.89. The van der Waals surface area contributed by atoms with Gasteiger partial charge in [0, 0.05) is 38.1 Å². The summed E-state index contributed by atoms with van der Waals surface area (Å²) in [4.78, 5) is 25.8. The molecule has 1 fully saturated rings. The quantitative estimate of drug-likeness (QED) is 0.760. The molecule has 0 saturated carbocycles. The molecule has 1 aliphatic rings. The predicted molar refractivity (Wildman–Crippen MR) is 112 cm³/mol. The van der Waals surface area contributed by atoms with Gasteiger partial charge in [-0.15, -0.1) is 0 Å². The monoisotopic (exact) mass is 373 g/mol. The number of anilines is 3. The zero-order valence-electron chi connectivity index (χ0n) is 15.9. The summed E-state index contributed by atoms with van der Waals surface area (Å²) in [6.45, 7) is 5.61. The average molecular weight is 373 g/mol. The number of amides is 1.